The number of oxazole rings is 1. The molecular formula is C9H14N2O3. The summed E-state index contributed by atoms with van der Waals surface area (Å²) in [6, 6.07) is 0. The molecule has 1 unspecified atom stereocenters. The van der Waals surface area contributed by atoms with Gasteiger partial charge < -0.3 is 14.8 Å². The van der Waals surface area contributed by atoms with Crippen LogP contribution in [0.2, 0.25) is 0 Å². The molecule has 1 aromatic heterocycles. The summed E-state index contributed by atoms with van der Waals surface area (Å²) in [5, 5.41) is 11.6. The van der Waals surface area contributed by atoms with Crippen LogP contribution in [0.5, 0.6) is 0 Å². The van der Waals surface area contributed by atoms with E-state index in [9.17, 15) is 4.79 Å². The van der Waals surface area contributed by atoms with Gasteiger partial charge >= 0.3 is 5.97 Å². The van der Waals surface area contributed by atoms with E-state index in [4.69, 9.17) is 9.52 Å². The maximum Gasteiger partial charge on any atom is 0.307 e. The van der Waals surface area contributed by atoms with E-state index in [-0.39, 0.29) is 0 Å². The number of hydrogen-bond acceptors (Lipinski definition) is 4. The number of nitrogens with one attached hydrogen (secondary N) is 1. The van der Waals surface area contributed by atoms with Crippen molar-refractivity contribution in [3.63, 3.8) is 0 Å². The zero-order valence-electron chi connectivity index (χ0n) is 8.28. The Morgan fingerprint density at radius 3 is 3.00 bits per heavy atom. The fraction of sp³-hybridized carbons (Fsp3) is 0.556. The van der Waals surface area contributed by atoms with E-state index < -0.39 is 11.9 Å². The summed E-state index contributed by atoms with van der Waals surface area (Å²) >= 11 is 0. The van der Waals surface area contributed by atoms with Gasteiger partial charge in [0.05, 0.1) is 18.7 Å². The van der Waals surface area contributed by atoms with Crippen molar-refractivity contribution in [1.82, 2.24) is 10.3 Å². The van der Waals surface area contributed by atoms with Crippen molar-refractivity contribution >= 4 is 5.97 Å². The lowest BCUT2D eigenvalue weighted by Crippen LogP contribution is -2.25. The van der Waals surface area contributed by atoms with E-state index in [1.54, 1.807) is 13.1 Å². The topological polar surface area (TPSA) is 75.4 Å². The predicted molar refractivity (Wildman–Crippen MR) is 49.7 cm³/mol. The van der Waals surface area contributed by atoms with Gasteiger partial charge in [0, 0.05) is 6.54 Å². The van der Waals surface area contributed by atoms with Gasteiger partial charge in [-0.05, 0) is 6.92 Å². The third-order valence-corrected chi connectivity index (χ3v) is 1.82. The van der Waals surface area contributed by atoms with Crippen LogP contribution in [0.1, 0.15) is 18.6 Å². The summed E-state index contributed by atoms with van der Waals surface area (Å²) in [5.74, 6) is 0.139. The maximum atomic E-state index is 10.5. The van der Waals surface area contributed by atoms with Crippen LogP contribution in [0.4, 0.5) is 0 Å². The molecule has 1 heterocycles. The molecule has 1 rings (SSSR count). The van der Waals surface area contributed by atoms with Gasteiger partial charge in [0.1, 0.15) is 5.76 Å². The SMILES string of the molecule is Cc1cnc(CNCC(C)C(=O)O)o1. The Morgan fingerprint density at radius 2 is 2.50 bits per heavy atom. The van der Waals surface area contributed by atoms with E-state index in [0.29, 0.717) is 19.0 Å². The monoisotopic (exact) mass is 198 g/mol. The summed E-state index contributed by atoms with van der Waals surface area (Å²) in [4.78, 5) is 14.4. The molecule has 0 aliphatic rings. The smallest absolute Gasteiger partial charge is 0.307 e. The Balaban J connectivity index is 2.25. The number of carbonyl (C=O) groups is 1. The number of nitrogens with zero attached hydrogens (tertiary/aromatic N) is 1. The molecule has 2 N–H and O–H groups in total. The molecule has 0 spiro atoms. The Morgan fingerprint density at radius 1 is 1.79 bits per heavy atom. The minimum atomic E-state index is -0.805. The van der Waals surface area contributed by atoms with E-state index in [0.717, 1.165) is 5.76 Å². The second-order valence-corrected chi connectivity index (χ2v) is 3.23. The van der Waals surface area contributed by atoms with Gasteiger partial charge in [0.25, 0.3) is 0 Å². The lowest BCUT2D eigenvalue weighted by Gasteiger charge is -2.05. The molecule has 5 heteroatoms. The summed E-state index contributed by atoms with van der Waals surface area (Å²) in [5.41, 5.74) is 0. The number of rotatable bonds is 5. The van der Waals surface area contributed by atoms with Gasteiger partial charge in [-0.3, -0.25) is 4.79 Å². The van der Waals surface area contributed by atoms with Gasteiger partial charge in [-0.25, -0.2) is 4.98 Å². The number of aromatic nitrogens is 1. The molecule has 0 saturated heterocycles. The molecule has 0 aliphatic carbocycles. The normalized spacial score (nSPS) is 12.7. The summed E-state index contributed by atoms with van der Waals surface area (Å²) in [7, 11) is 0. The highest BCUT2D eigenvalue weighted by Gasteiger charge is 2.10. The van der Waals surface area contributed by atoms with Crippen molar-refractivity contribution in [2.24, 2.45) is 5.92 Å². The first kappa shape index (κ1) is 10.7. The van der Waals surface area contributed by atoms with Crippen LogP contribution in [0, 0.1) is 12.8 Å². The number of hydrogen-bond donors (Lipinski definition) is 2. The zero-order chi connectivity index (χ0) is 10.6. The molecule has 0 fully saturated rings. The van der Waals surface area contributed by atoms with Crippen molar-refractivity contribution in [3.8, 4) is 0 Å². The van der Waals surface area contributed by atoms with Crippen molar-refractivity contribution in [2.75, 3.05) is 6.54 Å². The number of carboxylic acids is 1. The summed E-state index contributed by atoms with van der Waals surface area (Å²) < 4.78 is 5.20. The minimum Gasteiger partial charge on any atom is -0.481 e. The highest BCUT2D eigenvalue weighted by molar-refractivity contribution is 5.69. The highest BCUT2D eigenvalue weighted by Crippen LogP contribution is 2.01. The lowest BCUT2D eigenvalue weighted by molar-refractivity contribution is -0.140. The number of carboxylic acid groups (broad SMARTS) is 1. The standard InChI is InChI=1S/C9H14N2O3/c1-6(9(12)13)3-10-5-8-11-4-7(2)14-8/h4,6,10H,3,5H2,1-2H3,(H,12,13). The third-order valence-electron chi connectivity index (χ3n) is 1.82. The first-order valence-electron chi connectivity index (χ1n) is 4.44. The Kier molecular flexibility index (Phi) is 3.64. The van der Waals surface area contributed by atoms with Crippen LogP contribution in [0.25, 0.3) is 0 Å². The van der Waals surface area contributed by atoms with Gasteiger partial charge in [0.15, 0.2) is 0 Å². The average Bonchev–Trinajstić information content (AvgIpc) is 2.51. The van der Waals surface area contributed by atoms with Gasteiger partial charge in [-0.2, -0.15) is 0 Å². The third kappa shape index (κ3) is 3.18. The highest BCUT2D eigenvalue weighted by atomic mass is 16.4. The zero-order valence-corrected chi connectivity index (χ0v) is 8.28. The van der Waals surface area contributed by atoms with Crippen LogP contribution in [0.15, 0.2) is 10.6 Å². The molecule has 0 aliphatic heterocycles. The Hall–Kier alpha value is -1.36. The molecular weight excluding hydrogens is 184 g/mol. The second kappa shape index (κ2) is 4.76. The molecule has 0 aromatic carbocycles. The minimum absolute atomic E-state index is 0.397. The second-order valence-electron chi connectivity index (χ2n) is 3.23. The molecule has 0 amide bonds. The molecule has 1 aromatic rings. The predicted octanol–water partition coefficient (Wildman–Crippen LogP) is 0.793. The first-order chi connectivity index (χ1) is 6.59. The largest absolute Gasteiger partial charge is 0.481 e. The molecule has 0 saturated carbocycles. The number of aliphatic carboxylic acids is 1. The van der Waals surface area contributed by atoms with Crippen LogP contribution in [-0.2, 0) is 11.3 Å². The van der Waals surface area contributed by atoms with Crippen molar-refractivity contribution in [2.45, 2.75) is 20.4 Å². The van der Waals surface area contributed by atoms with Crippen LogP contribution < -0.4 is 5.32 Å². The molecule has 0 bridgehead atoms. The molecule has 1 atom stereocenters. The Bertz CT molecular complexity index is 309. The maximum absolute atomic E-state index is 10.5. The lowest BCUT2D eigenvalue weighted by atomic mass is 10.2. The van der Waals surface area contributed by atoms with E-state index in [1.165, 1.54) is 0 Å². The van der Waals surface area contributed by atoms with Crippen LogP contribution in [0.3, 0.4) is 0 Å². The summed E-state index contributed by atoms with van der Waals surface area (Å²) in [6.07, 6.45) is 1.64. The fourth-order valence-electron chi connectivity index (χ4n) is 0.966. The van der Waals surface area contributed by atoms with Gasteiger partial charge in [-0.1, -0.05) is 6.92 Å². The Labute approximate surface area is 82.1 Å². The van der Waals surface area contributed by atoms with Crippen molar-refractivity contribution < 1.29 is 14.3 Å². The van der Waals surface area contributed by atoms with E-state index >= 15 is 0 Å². The molecule has 0 radical (unpaired) electrons. The molecule has 78 valence electrons. The first-order valence-corrected chi connectivity index (χ1v) is 4.44. The average molecular weight is 198 g/mol. The fourth-order valence-corrected chi connectivity index (χ4v) is 0.966. The van der Waals surface area contributed by atoms with E-state index in [1.807, 2.05) is 6.92 Å². The van der Waals surface area contributed by atoms with E-state index in [2.05, 4.69) is 10.3 Å². The van der Waals surface area contributed by atoms with Crippen molar-refractivity contribution in [3.05, 3.63) is 17.8 Å². The number of aryl methyl sites for hydroxylation is 1. The summed E-state index contributed by atoms with van der Waals surface area (Å²) in [6.45, 7) is 4.34. The van der Waals surface area contributed by atoms with Gasteiger partial charge in [0.2, 0.25) is 5.89 Å². The van der Waals surface area contributed by atoms with Gasteiger partial charge in [-0.15, -0.1) is 0 Å². The molecule has 5 nitrogen and oxygen atoms in total. The van der Waals surface area contributed by atoms with Crippen molar-refractivity contribution in [1.29, 1.82) is 0 Å². The van der Waals surface area contributed by atoms with Crippen LogP contribution >= 0.6 is 0 Å². The van der Waals surface area contributed by atoms with Crippen LogP contribution in [-0.4, -0.2) is 22.6 Å². The quantitative estimate of drug-likeness (QED) is 0.731. The molecule has 14 heavy (non-hydrogen) atoms.